The Morgan fingerprint density at radius 1 is 1.22 bits per heavy atom. The number of isocyanates is 1. The van der Waals surface area contributed by atoms with E-state index in [2.05, 4.69) is 4.99 Å². The molecular weight excluding hydrogens is 244 g/mol. The van der Waals surface area contributed by atoms with Gasteiger partial charge in [0.15, 0.2) is 17.3 Å². The smallest absolute Gasteiger partial charge is 0.235 e. The standard InChI is InChI=1S/C12H11F2NO3/c1-17-10-8(14)5-7(13)9(11(10)18-2)12(3-4-12)15-6-16/h5H,3-4H2,1-2H3. The van der Waals surface area contributed by atoms with Crippen molar-refractivity contribution < 1.29 is 23.0 Å². The van der Waals surface area contributed by atoms with Gasteiger partial charge in [-0.15, -0.1) is 0 Å². The lowest BCUT2D eigenvalue weighted by Crippen LogP contribution is -2.10. The second-order valence-electron chi connectivity index (χ2n) is 4.02. The lowest BCUT2D eigenvalue weighted by Gasteiger charge is -2.17. The quantitative estimate of drug-likeness (QED) is 0.612. The number of aliphatic imine (C=N–C) groups is 1. The summed E-state index contributed by atoms with van der Waals surface area (Å²) in [5, 5.41) is 0. The van der Waals surface area contributed by atoms with Gasteiger partial charge in [0.2, 0.25) is 6.08 Å². The minimum Gasteiger partial charge on any atom is -0.492 e. The molecule has 0 bridgehead atoms. The predicted molar refractivity (Wildman–Crippen MR) is 58.5 cm³/mol. The number of carbonyl (C=O) groups excluding carboxylic acids is 1. The Hall–Kier alpha value is -1.94. The van der Waals surface area contributed by atoms with Crippen molar-refractivity contribution >= 4 is 6.08 Å². The minimum absolute atomic E-state index is 0.0478. The molecule has 4 nitrogen and oxygen atoms in total. The molecule has 0 saturated heterocycles. The summed E-state index contributed by atoms with van der Waals surface area (Å²) in [6.45, 7) is 0. The normalized spacial score (nSPS) is 15.8. The van der Waals surface area contributed by atoms with Crippen LogP contribution in [-0.2, 0) is 10.3 Å². The van der Waals surface area contributed by atoms with Crippen LogP contribution in [0.25, 0.3) is 0 Å². The molecular formula is C12H11F2NO3. The van der Waals surface area contributed by atoms with Gasteiger partial charge in [-0.3, -0.25) is 0 Å². The third-order valence-corrected chi connectivity index (χ3v) is 3.00. The summed E-state index contributed by atoms with van der Waals surface area (Å²) in [5.41, 5.74) is -0.940. The average molecular weight is 255 g/mol. The van der Waals surface area contributed by atoms with Crippen molar-refractivity contribution in [3.05, 3.63) is 23.3 Å². The highest BCUT2D eigenvalue weighted by Gasteiger charge is 2.50. The lowest BCUT2D eigenvalue weighted by atomic mass is 10.0. The van der Waals surface area contributed by atoms with E-state index in [0.717, 1.165) is 0 Å². The fraction of sp³-hybridized carbons (Fsp3) is 0.417. The molecule has 1 aliphatic rings. The van der Waals surface area contributed by atoms with Crippen molar-refractivity contribution in [3.63, 3.8) is 0 Å². The van der Waals surface area contributed by atoms with Crippen LogP contribution in [0.4, 0.5) is 8.78 Å². The molecule has 1 aliphatic carbocycles. The van der Waals surface area contributed by atoms with E-state index in [9.17, 15) is 13.6 Å². The van der Waals surface area contributed by atoms with E-state index >= 15 is 0 Å². The Kier molecular flexibility index (Phi) is 3.05. The van der Waals surface area contributed by atoms with Crippen LogP contribution in [0.1, 0.15) is 18.4 Å². The predicted octanol–water partition coefficient (Wildman–Crippen LogP) is 2.31. The third kappa shape index (κ3) is 1.75. The highest BCUT2D eigenvalue weighted by Crippen LogP contribution is 2.55. The first-order chi connectivity index (χ1) is 8.59. The van der Waals surface area contributed by atoms with Crippen LogP contribution in [0.3, 0.4) is 0 Å². The van der Waals surface area contributed by atoms with Crippen LogP contribution in [-0.4, -0.2) is 20.3 Å². The van der Waals surface area contributed by atoms with Crippen LogP contribution in [0.5, 0.6) is 11.5 Å². The zero-order valence-electron chi connectivity index (χ0n) is 9.92. The molecule has 0 amide bonds. The SMILES string of the molecule is COc1c(F)cc(F)c(C2(N=C=O)CC2)c1OC. The molecule has 0 heterocycles. The maximum atomic E-state index is 13.9. The van der Waals surface area contributed by atoms with Crippen molar-refractivity contribution in [2.45, 2.75) is 18.4 Å². The second kappa shape index (κ2) is 4.38. The molecule has 0 N–H and O–H groups in total. The Bertz CT molecular complexity index is 535. The summed E-state index contributed by atoms with van der Waals surface area (Å²) in [5.74, 6) is -1.92. The maximum absolute atomic E-state index is 13.9. The number of benzene rings is 1. The van der Waals surface area contributed by atoms with Gasteiger partial charge in [-0.1, -0.05) is 0 Å². The van der Waals surface area contributed by atoms with Crippen LogP contribution >= 0.6 is 0 Å². The zero-order chi connectivity index (χ0) is 13.3. The summed E-state index contributed by atoms with van der Waals surface area (Å²) in [7, 11) is 2.53. The van der Waals surface area contributed by atoms with E-state index in [1.54, 1.807) is 0 Å². The Balaban J connectivity index is 2.70. The Morgan fingerprint density at radius 2 is 1.83 bits per heavy atom. The van der Waals surface area contributed by atoms with E-state index in [4.69, 9.17) is 9.47 Å². The molecule has 1 aromatic rings. The van der Waals surface area contributed by atoms with E-state index in [0.29, 0.717) is 18.9 Å². The van der Waals surface area contributed by atoms with Crippen molar-refractivity contribution in [1.82, 2.24) is 0 Å². The van der Waals surface area contributed by atoms with Gasteiger partial charge in [-0.05, 0) is 12.8 Å². The van der Waals surface area contributed by atoms with Gasteiger partial charge in [-0.2, -0.15) is 4.99 Å². The van der Waals surface area contributed by atoms with Gasteiger partial charge < -0.3 is 9.47 Å². The van der Waals surface area contributed by atoms with Crippen molar-refractivity contribution in [2.75, 3.05) is 14.2 Å². The number of ether oxygens (including phenoxy) is 2. The lowest BCUT2D eigenvalue weighted by molar-refractivity contribution is 0.326. The third-order valence-electron chi connectivity index (χ3n) is 3.00. The van der Waals surface area contributed by atoms with E-state index in [1.165, 1.54) is 20.3 Å². The summed E-state index contributed by atoms with van der Waals surface area (Å²) in [4.78, 5) is 14.0. The van der Waals surface area contributed by atoms with Crippen molar-refractivity contribution in [3.8, 4) is 11.5 Å². The molecule has 2 rings (SSSR count). The van der Waals surface area contributed by atoms with Crippen molar-refractivity contribution in [1.29, 1.82) is 0 Å². The first-order valence-corrected chi connectivity index (χ1v) is 5.29. The first kappa shape index (κ1) is 12.5. The number of methoxy groups -OCH3 is 2. The molecule has 0 aliphatic heterocycles. The van der Waals surface area contributed by atoms with Gasteiger partial charge in [-0.25, -0.2) is 13.6 Å². The molecule has 0 spiro atoms. The largest absolute Gasteiger partial charge is 0.492 e. The highest BCUT2D eigenvalue weighted by atomic mass is 19.1. The van der Waals surface area contributed by atoms with E-state index in [-0.39, 0.29) is 17.1 Å². The minimum atomic E-state index is -0.988. The zero-order valence-corrected chi connectivity index (χ0v) is 9.92. The van der Waals surface area contributed by atoms with E-state index in [1.807, 2.05) is 0 Å². The van der Waals surface area contributed by atoms with Crippen LogP contribution in [0, 0.1) is 11.6 Å². The maximum Gasteiger partial charge on any atom is 0.235 e. The monoisotopic (exact) mass is 255 g/mol. The fourth-order valence-corrected chi connectivity index (χ4v) is 2.02. The fourth-order valence-electron chi connectivity index (χ4n) is 2.02. The summed E-state index contributed by atoms with van der Waals surface area (Å²) in [6, 6.07) is 0.705. The molecule has 0 unspecified atom stereocenters. The molecule has 1 fully saturated rings. The highest BCUT2D eigenvalue weighted by molar-refractivity contribution is 5.55. The number of halogens is 2. The Morgan fingerprint density at radius 3 is 2.28 bits per heavy atom. The average Bonchev–Trinajstić information content (AvgIpc) is 3.09. The first-order valence-electron chi connectivity index (χ1n) is 5.29. The molecule has 96 valence electrons. The molecule has 1 saturated carbocycles. The molecule has 6 heteroatoms. The molecule has 18 heavy (non-hydrogen) atoms. The van der Waals surface area contributed by atoms with E-state index < -0.39 is 17.2 Å². The van der Waals surface area contributed by atoms with Gasteiger partial charge in [0.25, 0.3) is 0 Å². The number of nitrogens with zero attached hydrogens (tertiary/aromatic N) is 1. The summed E-state index contributed by atoms with van der Waals surface area (Å²) >= 11 is 0. The van der Waals surface area contributed by atoms with Crippen LogP contribution < -0.4 is 9.47 Å². The molecule has 0 radical (unpaired) electrons. The summed E-state index contributed by atoms with van der Waals surface area (Å²) in [6.07, 6.45) is 2.40. The second-order valence-corrected chi connectivity index (χ2v) is 4.02. The van der Waals surface area contributed by atoms with Gasteiger partial charge in [0.1, 0.15) is 11.4 Å². The number of rotatable bonds is 4. The molecule has 0 aromatic heterocycles. The van der Waals surface area contributed by atoms with Crippen LogP contribution in [0.2, 0.25) is 0 Å². The number of hydrogen-bond donors (Lipinski definition) is 0. The van der Waals surface area contributed by atoms with Crippen molar-refractivity contribution in [2.24, 2.45) is 4.99 Å². The topological polar surface area (TPSA) is 47.9 Å². The van der Waals surface area contributed by atoms with Gasteiger partial charge >= 0.3 is 0 Å². The van der Waals surface area contributed by atoms with Gasteiger partial charge in [0, 0.05) is 6.07 Å². The Labute approximate surface area is 102 Å². The number of hydrogen-bond acceptors (Lipinski definition) is 4. The van der Waals surface area contributed by atoms with Gasteiger partial charge in [0.05, 0.1) is 19.8 Å². The molecule has 1 aromatic carbocycles. The van der Waals surface area contributed by atoms with Crippen LogP contribution in [0.15, 0.2) is 11.1 Å². The summed E-state index contributed by atoms with van der Waals surface area (Å²) < 4.78 is 37.3. The molecule has 0 atom stereocenters.